The summed E-state index contributed by atoms with van der Waals surface area (Å²) in [6.45, 7) is 8.70. The lowest BCUT2D eigenvalue weighted by Gasteiger charge is -2.09. The molecule has 0 spiro atoms. The quantitative estimate of drug-likeness (QED) is 0.169. The maximum atomic E-state index is 2.42. The van der Waals surface area contributed by atoms with Crippen molar-refractivity contribution in [2.24, 2.45) is 0 Å². The monoisotopic (exact) mass is 728 g/mol. The minimum atomic E-state index is 1.19. The Balaban J connectivity index is 1.20. The summed E-state index contributed by atoms with van der Waals surface area (Å²) in [5.74, 6) is 0. The van der Waals surface area contributed by atoms with E-state index >= 15 is 0 Å². The Morgan fingerprint density at radius 3 is 1.78 bits per heavy atom. The predicted molar refractivity (Wildman–Crippen MR) is 243 cm³/mol. The van der Waals surface area contributed by atoms with Crippen LogP contribution in [-0.4, -0.2) is 0 Å². The Morgan fingerprint density at radius 1 is 0.444 bits per heavy atom. The molecule has 0 bridgehead atoms. The standard InChI is InChI=1S/C52H40S2/c1-5-16-47-33(4)49-51(53-47)45-22-15-14-21-44(45)50-46-32-38(29-30-48(46)54-52(49)50)35-23-26-36(27-24-35)42-19-10-8-9-11-20-43(41(7-3)40(42)6-2)39-28-25-34-17-12-13-18-37(34)31-39/h5-32H,1-4H3/b10-8?,11-9?,16-5-,40-6?,41-7+,42-19?,43-20?. The highest BCUT2D eigenvalue weighted by Crippen LogP contribution is 2.49. The van der Waals surface area contributed by atoms with Crippen LogP contribution in [-0.2, 0) is 0 Å². The van der Waals surface area contributed by atoms with Crippen LogP contribution in [0.25, 0.3) is 103 Å². The molecule has 2 aromatic heterocycles. The molecule has 260 valence electrons. The largest absolute Gasteiger partial charge is 0.135 e. The molecule has 0 aliphatic heterocycles. The third-order valence-corrected chi connectivity index (χ3v) is 13.2. The van der Waals surface area contributed by atoms with Gasteiger partial charge in [-0.3, -0.25) is 0 Å². The van der Waals surface area contributed by atoms with Crippen molar-refractivity contribution in [3.05, 3.63) is 173 Å². The van der Waals surface area contributed by atoms with Crippen molar-refractivity contribution in [2.45, 2.75) is 27.7 Å². The fourth-order valence-electron chi connectivity index (χ4n) is 8.15. The number of aryl methyl sites for hydroxylation is 1. The minimum Gasteiger partial charge on any atom is -0.135 e. The summed E-state index contributed by atoms with van der Waals surface area (Å²) in [6.07, 6.45) is 8.94. The average molecular weight is 729 g/mol. The number of hydrogen-bond acceptors (Lipinski definition) is 2. The van der Waals surface area contributed by atoms with Gasteiger partial charge >= 0.3 is 0 Å². The molecule has 0 nitrogen and oxygen atoms in total. The van der Waals surface area contributed by atoms with Crippen molar-refractivity contribution in [1.82, 2.24) is 0 Å². The van der Waals surface area contributed by atoms with E-state index in [4.69, 9.17) is 0 Å². The van der Waals surface area contributed by atoms with Crippen LogP contribution in [0.3, 0.4) is 0 Å². The molecule has 9 aromatic rings. The van der Waals surface area contributed by atoms with Gasteiger partial charge in [-0.1, -0.05) is 146 Å². The fraction of sp³-hybridized carbons (Fsp3) is 0.0769. The lowest BCUT2D eigenvalue weighted by molar-refractivity contribution is 1.49. The predicted octanol–water partition coefficient (Wildman–Crippen LogP) is 14.6. The molecule has 0 fully saturated rings. The summed E-state index contributed by atoms with van der Waals surface area (Å²) in [5, 5.41) is 11.8. The van der Waals surface area contributed by atoms with Gasteiger partial charge in [-0.05, 0) is 118 Å². The first-order chi connectivity index (χ1) is 26.6. The van der Waals surface area contributed by atoms with Crippen LogP contribution in [0.5, 0.6) is 0 Å². The molecule has 0 saturated heterocycles. The molecule has 2 heteroatoms. The van der Waals surface area contributed by atoms with Crippen molar-refractivity contribution < 1.29 is 0 Å². The van der Waals surface area contributed by atoms with Crippen molar-refractivity contribution in [3.63, 3.8) is 0 Å². The lowest BCUT2D eigenvalue weighted by atomic mass is 9.95. The molecule has 0 aliphatic rings. The Bertz CT molecular complexity index is 3130. The van der Waals surface area contributed by atoms with Gasteiger partial charge in [-0.25, -0.2) is 0 Å². The van der Waals surface area contributed by atoms with Gasteiger partial charge in [-0.15, -0.1) is 22.7 Å². The van der Waals surface area contributed by atoms with Crippen molar-refractivity contribution in [1.29, 1.82) is 0 Å². The molecular formula is C52H40S2. The van der Waals surface area contributed by atoms with Crippen LogP contribution in [0.4, 0.5) is 0 Å². The first kappa shape index (κ1) is 34.0. The molecule has 0 atom stereocenters. The summed E-state index contributed by atoms with van der Waals surface area (Å²) in [4.78, 5) is 1.35. The highest BCUT2D eigenvalue weighted by molar-refractivity contribution is 7.28. The molecule has 0 unspecified atom stereocenters. The average Bonchev–Trinajstić information content (AvgIpc) is 3.76. The molecule has 0 amide bonds. The molecule has 0 N–H and O–H groups in total. The van der Waals surface area contributed by atoms with Gasteiger partial charge in [0, 0.05) is 40.5 Å². The summed E-state index contributed by atoms with van der Waals surface area (Å²) < 4.78 is 4.13. The van der Waals surface area contributed by atoms with Gasteiger partial charge in [0.25, 0.3) is 0 Å². The van der Waals surface area contributed by atoms with Crippen LogP contribution >= 0.6 is 22.7 Å². The zero-order valence-electron chi connectivity index (χ0n) is 31.0. The van der Waals surface area contributed by atoms with Crippen LogP contribution < -0.4 is 10.4 Å². The smallest absolute Gasteiger partial charge is 0.0451 e. The van der Waals surface area contributed by atoms with E-state index < -0.39 is 0 Å². The number of benzene rings is 6. The minimum absolute atomic E-state index is 1.19. The second kappa shape index (κ2) is 14.2. The van der Waals surface area contributed by atoms with Gasteiger partial charge in [-0.2, -0.15) is 0 Å². The van der Waals surface area contributed by atoms with E-state index in [1.54, 1.807) is 0 Å². The zero-order chi connectivity index (χ0) is 36.8. The third kappa shape index (κ3) is 5.74. The first-order valence-electron chi connectivity index (χ1n) is 18.7. The molecule has 9 rings (SSSR count). The van der Waals surface area contributed by atoms with Crippen LogP contribution in [0.15, 0.2) is 152 Å². The van der Waals surface area contributed by atoms with Crippen LogP contribution in [0.1, 0.15) is 31.2 Å². The molecular weight excluding hydrogens is 689 g/mol. The number of thiophene rings is 2. The summed E-state index contributed by atoms with van der Waals surface area (Å²) in [5.41, 5.74) is 8.66. The van der Waals surface area contributed by atoms with Gasteiger partial charge in [0.2, 0.25) is 0 Å². The summed E-state index contributed by atoms with van der Waals surface area (Å²) in [7, 11) is 0. The van der Waals surface area contributed by atoms with E-state index in [9.17, 15) is 0 Å². The first-order valence-corrected chi connectivity index (χ1v) is 20.3. The zero-order valence-corrected chi connectivity index (χ0v) is 32.6. The Labute approximate surface area is 324 Å². The van der Waals surface area contributed by atoms with Crippen molar-refractivity contribution >= 4 is 92.7 Å². The van der Waals surface area contributed by atoms with E-state index in [1.807, 2.05) is 22.7 Å². The second-order valence-corrected chi connectivity index (χ2v) is 15.9. The molecule has 0 saturated carbocycles. The number of fused-ring (bicyclic) bond motifs is 9. The molecule has 7 aromatic carbocycles. The Kier molecular flexibility index (Phi) is 8.95. The molecule has 0 radical (unpaired) electrons. The van der Waals surface area contributed by atoms with Crippen molar-refractivity contribution in [3.8, 4) is 33.4 Å². The highest BCUT2D eigenvalue weighted by Gasteiger charge is 2.19. The van der Waals surface area contributed by atoms with Crippen LogP contribution in [0, 0.1) is 6.92 Å². The summed E-state index contributed by atoms with van der Waals surface area (Å²) >= 11 is 3.86. The summed E-state index contributed by atoms with van der Waals surface area (Å²) in [6, 6.07) is 53.6. The van der Waals surface area contributed by atoms with Crippen molar-refractivity contribution in [2.75, 3.05) is 0 Å². The van der Waals surface area contributed by atoms with E-state index in [1.165, 1.54) is 106 Å². The number of hydrogen-bond donors (Lipinski definition) is 0. The van der Waals surface area contributed by atoms with E-state index in [0.717, 1.165) is 0 Å². The Hall–Kier alpha value is -5.80. The van der Waals surface area contributed by atoms with E-state index in [0.29, 0.717) is 0 Å². The maximum absolute atomic E-state index is 2.42. The SMILES string of the molecule is CC=c1c(-c2ccc(-c3ccc4sc5c6c(C)c(/C=C\C)sc6c6ccccc6c5c4c3)cc2)ccccccc(-c2ccc3ccccc3c2)/c1=C/C. The fourth-order valence-corrected chi connectivity index (χ4v) is 10.8. The van der Waals surface area contributed by atoms with Gasteiger partial charge in [0.05, 0.1) is 0 Å². The third-order valence-electron chi connectivity index (χ3n) is 10.8. The topological polar surface area (TPSA) is 0 Å². The second-order valence-electron chi connectivity index (χ2n) is 13.8. The normalized spacial score (nSPS) is 12.6. The van der Waals surface area contributed by atoms with Crippen LogP contribution in [0.2, 0.25) is 0 Å². The van der Waals surface area contributed by atoms with Gasteiger partial charge < -0.3 is 0 Å². The lowest BCUT2D eigenvalue weighted by Crippen LogP contribution is -2.27. The van der Waals surface area contributed by atoms with E-state index in [-0.39, 0.29) is 0 Å². The molecule has 54 heavy (non-hydrogen) atoms. The molecule has 2 heterocycles. The van der Waals surface area contributed by atoms with Gasteiger partial charge in [0.1, 0.15) is 0 Å². The highest BCUT2D eigenvalue weighted by atomic mass is 32.1. The Morgan fingerprint density at radius 2 is 1.06 bits per heavy atom. The maximum Gasteiger partial charge on any atom is 0.0451 e. The molecule has 0 aliphatic carbocycles. The van der Waals surface area contributed by atoms with E-state index in [2.05, 4.69) is 198 Å². The number of allylic oxidation sites excluding steroid dienone is 1. The number of rotatable bonds is 4. The van der Waals surface area contributed by atoms with Gasteiger partial charge in [0.15, 0.2) is 0 Å².